The maximum Gasteiger partial charge on any atom is -0.0180 e. The molecule has 0 aliphatic carbocycles. The molecule has 2 atom stereocenters. The molecular weight excluding hydrogens is 156 g/mol. The van der Waals surface area contributed by atoms with Gasteiger partial charge in [-0.2, -0.15) is 0 Å². The fourth-order valence-corrected chi connectivity index (χ4v) is 2.11. The second kappa shape index (κ2) is 6.23. The molecule has 0 nitrogen and oxygen atoms in total. The Bertz CT molecular complexity index is 144. The van der Waals surface area contributed by atoms with Gasteiger partial charge in [-0.3, -0.25) is 0 Å². The Labute approximate surface area is 84.4 Å². The van der Waals surface area contributed by atoms with Crippen LogP contribution in [0.4, 0.5) is 0 Å². The molecule has 0 spiro atoms. The van der Waals surface area contributed by atoms with Crippen molar-refractivity contribution in [2.24, 2.45) is 17.8 Å². The van der Waals surface area contributed by atoms with Crippen molar-refractivity contribution in [2.45, 2.75) is 53.9 Å². The summed E-state index contributed by atoms with van der Waals surface area (Å²) in [5.74, 6) is 2.19. The molecule has 0 aromatic carbocycles. The van der Waals surface area contributed by atoms with Gasteiger partial charge in [-0.1, -0.05) is 59.6 Å². The Hall–Kier alpha value is -0.260. The smallest absolute Gasteiger partial charge is 0.0180 e. The van der Waals surface area contributed by atoms with Crippen LogP contribution in [0, 0.1) is 17.8 Å². The Morgan fingerprint density at radius 1 is 1.15 bits per heavy atom. The fourth-order valence-electron chi connectivity index (χ4n) is 2.11. The van der Waals surface area contributed by atoms with Gasteiger partial charge in [0.15, 0.2) is 0 Å². The molecule has 0 heterocycles. The lowest BCUT2D eigenvalue weighted by Gasteiger charge is -2.26. The van der Waals surface area contributed by atoms with Gasteiger partial charge >= 0.3 is 0 Å². The van der Waals surface area contributed by atoms with Crippen LogP contribution in [-0.4, -0.2) is 0 Å². The van der Waals surface area contributed by atoms with Gasteiger partial charge in [-0.25, -0.2) is 0 Å². The van der Waals surface area contributed by atoms with E-state index in [1.807, 2.05) is 0 Å². The van der Waals surface area contributed by atoms with Gasteiger partial charge in [0.05, 0.1) is 0 Å². The van der Waals surface area contributed by atoms with Gasteiger partial charge in [0.2, 0.25) is 0 Å². The Morgan fingerprint density at radius 2 is 1.69 bits per heavy atom. The molecule has 0 fully saturated rings. The van der Waals surface area contributed by atoms with Crippen LogP contribution >= 0.6 is 0 Å². The average Bonchev–Trinajstić information content (AvgIpc) is 2.05. The first kappa shape index (κ1) is 12.7. The molecule has 0 saturated heterocycles. The standard InChI is InChI=1S/C13H26/c1-7-9-11(5)13(8-2)12(6)10(3)4/h10-11,13H,6-9H2,1-5H3. The first-order valence-electron chi connectivity index (χ1n) is 5.73. The average molecular weight is 182 g/mol. The fraction of sp³-hybridized carbons (Fsp3) is 0.846. The molecule has 13 heavy (non-hydrogen) atoms. The molecule has 2 unspecified atom stereocenters. The van der Waals surface area contributed by atoms with Crippen LogP contribution in [0.2, 0.25) is 0 Å². The van der Waals surface area contributed by atoms with Crippen molar-refractivity contribution in [3.8, 4) is 0 Å². The molecule has 0 amide bonds. The molecule has 0 radical (unpaired) electrons. The van der Waals surface area contributed by atoms with Crippen molar-refractivity contribution in [2.75, 3.05) is 0 Å². The van der Waals surface area contributed by atoms with E-state index in [-0.39, 0.29) is 0 Å². The zero-order valence-electron chi connectivity index (χ0n) is 10.1. The normalized spacial score (nSPS) is 15.8. The topological polar surface area (TPSA) is 0 Å². The minimum absolute atomic E-state index is 0.643. The summed E-state index contributed by atoms with van der Waals surface area (Å²) in [5, 5.41) is 0. The van der Waals surface area contributed by atoms with E-state index in [0.29, 0.717) is 5.92 Å². The van der Waals surface area contributed by atoms with Crippen LogP contribution in [0.25, 0.3) is 0 Å². The van der Waals surface area contributed by atoms with Crippen LogP contribution in [0.5, 0.6) is 0 Å². The lowest BCUT2D eigenvalue weighted by molar-refractivity contribution is 0.351. The third kappa shape index (κ3) is 3.97. The lowest BCUT2D eigenvalue weighted by atomic mass is 9.79. The Kier molecular flexibility index (Phi) is 6.11. The highest BCUT2D eigenvalue weighted by atomic mass is 14.2. The molecule has 0 bridgehead atoms. The maximum absolute atomic E-state index is 4.23. The monoisotopic (exact) mass is 182 g/mol. The van der Waals surface area contributed by atoms with E-state index in [9.17, 15) is 0 Å². The van der Waals surface area contributed by atoms with Crippen LogP contribution < -0.4 is 0 Å². The van der Waals surface area contributed by atoms with Crippen molar-refractivity contribution < 1.29 is 0 Å². The van der Waals surface area contributed by atoms with Crippen molar-refractivity contribution in [3.05, 3.63) is 12.2 Å². The molecule has 0 N–H and O–H groups in total. The second-order valence-electron chi connectivity index (χ2n) is 4.51. The highest BCUT2D eigenvalue weighted by Gasteiger charge is 2.19. The molecular formula is C13H26. The summed E-state index contributed by atoms with van der Waals surface area (Å²) in [7, 11) is 0. The molecule has 0 aliphatic rings. The Morgan fingerprint density at radius 3 is 2.00 bits per heavy atom. The number of rotatable bonds is 6. The van der Waals surface area contributed by atoms with Gasteiger partial charge in [-0.05, 0) is 24.2 Å². The summed E-state index contributed by atoms with van der Waals surface area (Å²) >= 11 is 0. The SMILES string of the molecule is C=C(C(C)C)C(CC)C(C)CCC. The molecule has 0 aromatic heterocycles. The predicted molar refractivity (Wildman–Crippen MR) is 61.8 cm³/mol. The zero-order chi connectivity index (χ0) is 10.4. The van der Waals surface area contributed by atoms with E-state index >= 15 is 0 Å². The van der Waals surface area contributed by atoms with E-state index in [2.05, 4.69) is 41.2 Å². The van der Waals surface area contributed by atoms with Gasteiger partial charge in [-0.15, -0.1) is 0 Å². The van der Waals surface area contributed by atoms with Gasteiger partial charge in [0.25, 0.3) is 0 Å². The highest BCUT2D eigenvalue weighted by molar-refractivity contribution is 5.04. The predicted octanol–water partition coefficient (Wildman–Crippen LogP) is 4.66. The van der Waals surface area contributed by atoms with E-state index in [4.69, 9.17) is 0 Å². The lowest BCUT2D eigenvalue weighted by Crippen LogP contribution is -2.16. The molecule has 0 rings (SSSR count). The first-order valence-corrected chi connectivity index (χ1v) is 5.73. The summed E-state index contributed by atoms with van der Waals surface area (Å²) in [6.07, 6.45) is 3.88. The second-order valence-corrected chi connectivity index (χ2v) is 4.51. The number of hydrogen-bond donors (Lipinski definition) is 0. The summed E-state index contributed by atoms with van der Waals surface area (Å²) in [5.41, 5.74) is 1.45. The molecule has 78 valence electrons. The van der Waals surface area contributed by atoms with Crippen LogP contribution in [0.15, 0.2) is 12.2 Å². The highest BCUT2D eigenvalue weighted by Crippen LogP contribution is 2.30. The van der Waals surface area contributed by atoms with Crippen LogP contribution in [0.1, 0.15) is 53.9 Å². The Balaban J connectivity index is 4.23. The van der Waals surface area contributed by atoms with E-state index < -0.39 is 0 Å². The minimum Gasteiger partial charge on any atom is -0.0993 e. The van der Waals surface area contributed by atoms with Crippen LogP contribution in [0.3, 0.4) is 0 Å². The largest absolute Gasteiger partial charge is 0.0993 e. The maximum atomic E-state index is 4.23. The summed E-state index contributed by atoms with van der Waals surface area (Å²) < 4.78 is 0. The number of allylic oxidation sites excluding steroid dienone is 1. The summed E-state index contributed by atoms with van der Waals surface area (Å²) in [4.78, 5) is 0. The van der Waals surface area contributed by atoms with Crippen molar-refractivity contribution in [3.63, 3.8) is 0 Å². The van der Waals surface area contributed by atoms with Crippen molar-refractivity contribution in [1.29, 1.82) is 0 Å². The molecule has 0 aliphatic heterocycles. The number of hydrogen-bond acceptors (Lipinski definition) is 0. The van der Waals surface area contributed by atoms with E-state index in [1.165, 1.54) is 24.8 Å². The van der Waals surface area contributed by atoms with Crippen molar-refractivity contribution in [1.82, 2.24) is 0 Å². The first-order chi connectivity index (χ1) is 6.04. The quantitative estimate of drug-likeness (QED) is 0.524. The zero-order valence-corrected chi connectivity index (χ0v) is 10.1. The summed E-state index contributed by atoms with van der Waals surface area (Å²) in [6, 6.07) is 0. The third-order valence-electron chi connectivity index (χ3n) is 3.09. The summed E-state index contributed by atoms with van der Waals surface area (Å²) in [6.45, 7) is 15.6. The third-order valence-corrected chi connectivity index (χ3v) is 3.09. The van der Waals surface area contributed by atoms with Crippen molar-refractivity contribution >= 4 is 0 Å². The van der Waals surface area contributed by atoms with Crippen LogP contribution in [-0.2, 0) is 0 Å². The van der Waals surface area contributed by atoms with E-state index in [0.717, 1.165) is 11.8 Å². The minimum atomic E-state index is 0.643. The van der Waals surface area contributed by atoms with Gasteiger partial charge in [0, 0.05) is 0 Å². The molecule has 0 heteroatoms. The molecule has 0 aromatic rings. The molecule has 0 saturated carbocycles. The van der Waals surface area contributed by atoms with Gasteiger partial charge in [0.1, 0.15) is 0 Å². The van der Waals surface area contributed by atoms with E-state index in [1.54, 1.807) is 0 Å². The van der Waals surface area contributed by atoms with Gasteiger partial charge < -0.3 is 0 Å².